The number of aliphatic carboxylic acids is 1. The number of nitrogens with zero attached hydrogens (tertiary/aromatic N) is 6. The summed E-state index contributed by atoms with van der Waals surface area (Å²) in [6.07, 6.45) is 15.7. The van der Waals surface area contributed by atoms with E-state index < -0.39 is 5.97 Å². The van der Waals surface area contributed by atoms with Crippen LogP contribution in [-0.4, -0.2) is 139 Å². The van der Waals surface area contributed by atoms with Gasteiger partial charge in [-0.2, -0.15) is 0 Å². The summed E-state index contributed by atoms with van der Waals surface area (Å²) in [4.78, 5) is 53.6. The molecule has 472 valence electrons. The molecule has 6 aromatic rings. The molecule has 3 aliphatic rings. The Morgan fingerprint density at radius 3 is 1.10 bits per heavy atom. The van der Waals surface area contributed by atoms with E-state index in [1.165, 1.54) is 79.4 Å². The molecule has 2 N–H and O–H groups in total. The van der Waals surface area contributed by atoms with E-state index in [9.17, 15) is 19.5 Å². The van der Waals surface area contributed by atoms with Crippen molar-refractivity contribution in [1.82, 2.24) is 14.7 Å². The highest BCUT2D eigenvalue weighted by molar-refractivity contribution is 9.09. The van der Waals surface area contributed by atoms with Gasteiger partial charge in [-0.25, -0.2) is 0 Å². The average molecular weight is 1430 g/mol. The van der Waals surface area contributed by atoms with Crippen LogP contribution in [0.5, 0.6) is 0 Å². The Bertz CT molecular complexity index is 3070. The van der Waals surface area contributed by atoms with Crippen LogP contribution in [0.2, 0.25) is 0 Å². The zero-order valence-electron chi connectivity index (χ0n) is 51.2. The van der Waals surface area contributed by atoms with Crippen molar-refractivity contribution in [2.45, 2.75) is 99.3 Å². The van der Waals surface area contributed by atoms with Gasteiger partial charge in [0.15, 0.2) is 0 Å². The van der Waals surface area contributed by atoms with Crippen molar-refractivity contribution in [3.05, 3.63) is 160 Å². The number of azide groups is 1. The molecular weight excluding hydrogens is 1340 g/mol. The average Bonchev–Trinajstić information content (AvgIpc) is 2.81. The second-order valence-corrected chi connectivity index (χ2v) is 29.0. The van der Waals surface area contributed by atoms with E-state index in [1.807, 2.05) is 22.7 Å². The number of aliphatic hydroxyl groups excluding tert-OH is 1. The summed E-state index contributed by atoms with van der Waals surface area (Å²) in [6, 6.07) is 13.1. The number of carbonyl (C=O) groups is 3. The summed E-state index contributed by atoms with van der Waals surface area (Å²) in [7, 11) is 0. The van der Waals surface area contributed by atoms with E-state index in [0.29, 0.717) is 23.8 Å². The molecule has 6 aromatic heterocycles. The Morgan fingerprint density at radius 2 is 0.839 bits per heavy atom. The number of carbonyl (C=O) groups excluding carboxylic acids is 2. The first-order chi connectivity index (χ1) is 42.2. The maximum Gasteiger partial charge on any atom is 0.310 e. The molecule has 21 heteroatoms. The van der Waals surface area contributed by atoms with Gasteiger partial charge >= 0.3 is 17.9 Å². The van der Waals surface area contributed by atoms with Gasteiger partial charge < -0.3 is 34.4 Å². The van der Waals surface area contributed by atoms with Gasteiger partial charge in [-0.1, -0.05) is 55.2 Å². The fourth-order valence-corrected chi connectivity index (χ4v) is 17.1. The Balaban J connectivity index is 0.000000203. The topological polar surface area (TPSA) is 169 Å². The molecule has 0 bridgehead atoms. The number of aryl methyl sites for hydroxylation is 6. The van der Waals surface area contributed by atoms with Gasteiger partial charge in [0, 0.05) is 101 Å². The van der Waals surface area contributed by atoms with Crippen molar-refractivity contribution in [2.75, 3.05) is 95.9 Å². The van der Waals surface area contributed by atoms with Gasteiger partial charge in [0.2, 0.25) is 0 Å². The lowest BCUT2D eigenvalue weighted by Crippen LogP contribution is -2.39. The van der Waals surface area contributed by atoms with Crippen LogP contribution >= 0.6 is 99.9 Å². The van der Waals surface area contributed by atoms with Crippen molar-refractivity contribution in [3.63, 3.8) is 0 Å². The fraction of sp³-hybridized carbons (Fsp3) is 0.500. The molecule has 0 saturated carbocycles. The highest BCUT2D eigenvalue weighted by Gasteiger charge is 2.29. The molecule has 3 atom stereocenters. The summed E-state index contributed by atoms with van der Waals surface area (Å²) in [5.41, 5.74) is 20.3. The van der Waals surface area contributed by atoms with Gasteiger partial charge in [-0.15, -0.1) is 68.0 Å². The smallest absolute Gasteiger partial charge is 0.310 e. The van der Waals surface area contributed by atoms with E-state index in [0.717, 1.165) is 110 Å². The number of alkyl halides is 2. The number of halogens is 2. The SMILES string of the molecule is Cc1ccsc1C(=CCCN1CCC[C@@H](C(=O)O)C1)c1sccc1C.Cc1ccsc1C(=CCCN1CCC[C@@H](C(=O)OCCBr)C1)c1sccc1C.Cc1ccsc1C(=CCCN1CCC[C@@H](C(=O)OCCN=[N+]=[N-])C1)c1sccc1C.OCCBr. The van der Waals surface area contributed by atoms with Gasteiger partial charge in [0.1, 0.15) is 6.61 Å². The largest absolute Gasteiger partial charge is 0.481 e. The summed E-state index contributed by atoms with van der Waals surface area (Å²) in [6.45, 7) is 22.3. The van der Waals surface area contributed by atoms with Crippen LogP contribution in [0.3, 0.4) is 0 Å². The van der Waals surface area contributed by atoms with Gasteiger partial charge in [0.25, 0.3) is 0 Å². The second-order valence-electron chi connectivity index (χ2n) is 22.0. The van der Waals surface area contributed by atoms with Crippen LogP contribution in [0, 0.1) is 59.3 Å². The molecule has 0 spiro atoms. The molecule has 3 saturated heterocycles. The fourth-order valence-electron chi connectivity index (χ4n) is 10.9. The number of ether oxygens (including phenoxy) is 2. The minimum absolute atomic E-state index is 0.0235. The van der Waals surface area contributed by atoms with E-state index >= 15 is 0 Å². The quantitative estimate of drug-likeness (QED) is 0.0149. The van der Waals surface area contributed by atoms with E-state index in [1.54, 1.807) is 45.3 Å². The third kappa shape index (κ3) is 23.0. The van der Waals surface area contributed by atoms with E-state index in [2.05, 4.69) is 185 Å². The molecule has 87 heavy (non-hydrogen) atoms. The number of esters is 2. The molecule has 0 aromatic carbocycles. The van der Waals surface area contributed by atoms with Crippen LogP contribution in [0.1, 0.15) is 120 Å². The lowest BCUT2D eigenvalue weighted by Gasteiger charge is -2.31. The summed E-state index contributed by atoms with van der Waals surface area (Å²) in [5, 5.41) is 34.8. The number of hydrogen-bond donors (Lipinski definition) is 2. The van der Waals surface area contributed by atoms with Gasteiger partial charge in [-0.3, -0.25) is 14.4 Å². The third-order valence-electron chi connectivity index (χ3n) is 15.5. The molecule has 9 rings (SSSR count). The summed E-state index contributed by atoms with van der Waals surface area (Å²) in [5.74, 6) is -1.13. The standard InChI is InChI=1S/C22H28BrNO2S2.C22H28N4O2S2.C20H25NO2S2.C2H5BrO/c1-16-7-13-27-20(16)19(21-17(2)8-14-28-21)6-4-11-24-10-3-5-18(15-24)22(25)26-12-9-23;1-16-7-13-29-20(16)19(21-17(2)8-14-30-21)6-4-11-26-10-3-5-18(15-26)22(27)28-12-9-24-25-23;1-14-7-11-24-18(14)17(19-15(2)8-12-25-19)6-4-10-21-9-3-5-16(13-21)20(22)23;3-1-2-4/h6-8,13-14,18H,3-5,9-12,15H2,1-2H3;6-8,13-14,18H,3-5,9-12,15H2,1-2H3;6-8,11-12,16H,3-5,9-10,13H2,1-2H3,(H,22,23);4H,1-2H2/t2*18-;16-;/m111./s1. The van der Waals surface area contributed by atoms with Crippen LogP contribution in [0.4, 0.5) is 0 Å². The Hall–Kier alpha value is -4.06. The molecular formula is C66H86Br2N6O7S6. The maximum atomic E-state index is 12.3. The number of rotatable bonds is 24. The summed E-state index contributed by atoms with van der Waals surface area (Å²) >= 11 is 17.2. The number of likely N-dealkylation sites (tertiary alicyclic amines) is 3. The lowest BCUT2D eigenvalue weighted by molar-refractivity contribution is -0.150. The minimum atomic E-state index is -0.649. The third-order valence-corrected chi connectivity index (χ3v) is 22.4. The second kappa shape index (κ2) is 39.3. The molecule has 3 aliphatic heterocycles. The number of piperidine rings is 3. The van der Waals surface area contributed by atoms with Gasteiger partial charge in [0.05, 0.1) is 37.5 Å². The van der Waals surface area contributed by atoms with Gasteiger partial charge in [-0.05, 0) is 227 Å². The van der Waals surface area contributed by atoms with Crippen molar-refractivity contribution in [2.24, 2.45) is 22.9 Å². The van der Waals surface area contributed by atoms with Crippen LogP contribution in [-0.2, 0) is 23.9 Å². The summed E-state index contributed by atoms with van der Waals surface area (Å²) < 4.78 is 10.6. The van der Waals surface area contributed by atoms with Crippen molar-refractivity contribution < 1.29 is 34.1 Å². The van der Waals surface area contributed by atoms with Crippen LogP contribution in [0.15, 0.2) is 92.0 Å². The first-order valence-corrected chi connectivity index (χ1v) is 37.5. The molecule has 0 aliphatic carbocycles. The maximum absolute atomic E-state index is 12.3. The molecule has 3 fully saturated rings. The van der Waals surface area contributed by atoms with Crippen molar-refractivity contribution in [3.8, 4) is 0 Å². The molecule has 13 nitrogen and oxygen atoms in total. The normalized spacial score (nSPS) is 17.0. The number of thiophene rings is 6. The highest BCUT2D eigenvalue weighted by Crippen LogP contribution is 2.39. The van der Waals surface area contributed by atoms with Crippen LogP contribution in [0.25, 0.3) is 27.2 Å². The zero-order chi connectivity index (χ0) is 62.5. The zero-order valence-corrected chi connectivity index (χ0v) is 59.3. The first kappa shape index (κ1) is 72.0. The lowest BCUT2D eigenvalue weighted by atomic mass is 9.98. The predicted octanol–water partition coefficient (Wildman–Crippen LogP) is 17.1. The number of hydrogen-bond acceptors (Lipinski definition) is 16. The monoisotopic (exact) mass is 1420 g/mol. The molecule has 0 radical (unpaired) electrons. The predicted molar refractivity (Wildman–Crippen MR) is 375 cm³/mol. The van der Waals surface area contributed by atoms with E-state index in [-0.39, 0.29) is 49.5 Å². The molecule has 0 amide bonds. The first-order valence-electron chi connectivity index (χ1n) is 30.0. The van der Waals surface area contributed by atoms with Crippen LogP contribution < -0.4 is 0 Å². The molecule has 9 heterocycles. The van der Waals surface area contributed by atoms with E-state index in [4.69, 9.17) is 20.1 Å². The Morgan fingerprint density at radius 1 is 0.540 bits per heavy atom. The molecule has 0 unspecified atom stereocenters. The highest BCUT2D eigenvalue weighted by atomic mass is 79.9. The minimum Gasteiger partial charge on any atom is -0.481 e. The van der Waals surface area contributed by atoms with Crippen molar-refractivity contribution >= 4 is 135 Å². The number of carboxylic acids is 1. The number of carboxylic acid groups (broad SMARTS) is 1. The Kier molecular flexibility index (Phi) is 32.5. The Labute approximate surface area is 556 Å². The van der Waals surface area contributed by atoms with Crippen molar-refractivity contribution in [1.29, 1.82) is 0 Å². The number of aliphatic hydroxyl groups is 1.